The van der Waals surface area contributed by atoms with Crippen molar-refractivity contribution in [3.63, 3.8) is 0 Å². The Morgan fingerprint density at radius 2 is 1.90 bits per heavy atom. The average Bonchev–Trinajstić information content (AvgIpc) is 2.68. The van der Waals surface area contributed by atoms with E-state index in [2.05, 4.69) is 21.2 Å². The molecule has 0 radical (unpaired) electrons. The van der Waals surface area contributed by atoms with Gasteiger partial charge in [-0.2, -0.15) is 0 Å². The third kappa shape index (κ3) is 3.99. The molecule has 2 N–H and O–H groups in total. The average molecular weight is 480 g/mol. The number of aromatic hydroxyl groups is 1. The van der Waals surface area contributed by atoms with Gasteiger partial charge in [-0.3, -0.25) is 14.9 Å². The lowest BCUT2D eigenvalue weighted by Gasteiger charge is -2.26. The van der Waals surface area contributed by atoms with Gasteiger partial charge in [0.05, 0.1) is 12.3 Å². The number of aryl methyl sites for hydroxylation is 1. The largest absolute Gasteiger partial charge is 0.503 e. The molecule has 0 saturated carbocycles. The Morgan fingerprint density at radius 3 is 2.52 bits per heavy atom. The monoisotopic (exact) mass is 478 g/mol. The predicted molar refractivity (Wildman–Crippen MR) is 112 cm³/mol. The minimum Gasteiger partial charge on any atom is -0.503 e. The van der Waals surface area contributed by atoms with Crippen LogP contribution in [-0.4, -0.2) is 29.6 Å². The van der Waals surface area contributed by atoms with Gasteiger partial charge in [0.15, 0.2) is 11.5 Å². The quantitative estimate of drug-likeness (QED) is 0.507. The van der Waals surface area contributed by atoms with Crippen LogP contribution in [0.5, 0.6) is 11.5 Å². The fourth-order valence-electron chi connectivity index (χ4n) is 2.72. The molecule has 1 fully saturated rings. The highest BCUT2D eigenvalue weighted by atomic mass is 79.9. The highest BCUT2D eigenvalue weighted by molar-refractivity contribution is 9.10. The summed E-state index contributed by atoms with van der Waals surface area (Å²) in [5, 5.41) is 12.2. The van der Waals surface area contributed by atoms with E-state index in [4.69, 9.17) is 16.3 Å². The Bertz CT molecular complexity index is 1050. The van der Waals surface area contributed by atoms with Crippen molar-refractivity contribution < 1.29 is 24.2 Å². The van der Waals surface area contributed by atoms with E-state index in [0.717, 1.165) is 10.5 Å². The van der Waals surface area contributed by atoms with Crippen LogP contribution in [0.3, 0.4) is 0 Å². The number of imide groups is 2. The summed E-state index contributed by atoms with van der Waals surface area (Å²) in [6.45, 7) is 3.88. The van der Waals surface area contributed by atoms with Gasteiger partial charge in [0, 0.05) is 4.47 Å². The summed E-state index contributed by atoms with van der Waals surface area (Å²) in [7, 11) is 0. The summed E-state index contributed by atoms with van der Waals surface area (Å²) in [6, 6.07) is 7.33. The lowest BCUT2D eigenvalue weighted by Crippen LogP contribution is -2.54. The Kier molecular flexibility index (Phi) is 5.95. The molecule has 1 saturated heterocycles. The van der Waals surface area contributed by atoms with Gasteiger partial charge in [-0.15, -0.1) is 0 Å². The van der Waals surface area contributed by atoms with E-state index in [1.165, 1.54) is 12.1 Å². The highest BCUT2D eigenvalue weighted by Gasteiger charge is 2.37. The van der Waals surface area contributed by atoms with Crippen LogP contribution in [-0.2, 0) is 9.59 Å². The molecule has 7 nitrogen and oxygen atoms in total. The molecule has 2 aromatic rings. The van der Waals surface area contributed by atoms with Gasteiger partial charge in [-0.25, -0.2) is 9.69 Å². The number of phenolic OH excluding ortho intramolecular Hbond substituents is 1. The van der Waals surface area contributed by atoms with Gasteiger partial charge < -0.3 is 9.84 Å². The number of anilines is 1. The van der Waals surface area contributed by atoms with Gasteiger partial charge >= 0.3 is 6.03 Å². The highest BCUT2D eigenvalue weighted by Crippen LogP contribution is 2.42. The van der Waals surface area contributed by atoms with Crippen molar-refractivity contribution in [2.75, 3.05) is 11.5 Å². The Balaban J connectivity index is 2.08. The van der Waals surface area contributed by atoms with E-state index in [0.29, 0.717) is 11.3 Å². The maximum atomic E-state index is 13.0. The van der Waals surface area contributed by atoms with E-state index in [1.807, 2.05) is 6.92 Å². The summed E-state index contributed by atoms with van der Waals surface area (Å²) >= 11 is 9.37. The summed E-state index contributed by atoms with van der Waals surface area (Å²) in [4.78, 5) is 38.5. The number of urea groups is 1. The van der Waals surface area contributed by atoms with E-state index < -0.39 is 17.8 Å². The second-order valence-corrected chi connectivity index (χ2v) is 7.34. The van der Waals surface area contributed by atoms with Crippen LogP contribution in [0.1, 0.15) is 18.1 Å². The van der Waals surface area contributed by atoms with Crippen molar-refractivity contribution in [1.29, 1.82) is 0 Å². The minimum atomic E-state index is -0.836. The first kappa shape index (κ1) is 20.9. The fraction of sp³-hybridized carbons (Fsp3) is 0.150. The number of ether oxygens (including phenoxy) is 1. The number of carbonyl (C=O) groups is 3. The molecule has 1 heterocycles. The molecule has 150 valence electrons. The molecule has 0 aromatic heterocycles. The number of benzene rings is 2. The number of hydrogen-bond donors (Lipinski definition) is 2. The third-order valence-electron chi connectivity index (χ3n) is 4.17. The number of amides is 4. The first-order valence-corrected chi connectivity index (χ1v) is 9.73. The SMILES string of the molecule is CCOc1cc(/C=C2\C(=O)NC(=O)N(c3ccc(C)cc3)C2=O)c(Br)c(Cl)c1O. The lowest BCUT2D eigenvalue weighted by atomic mass is 10.1. The Morgan fingerprint density at radius 1 is 1.24 bits per heavy atom. The number of nitrogens with one attached hydrogen (secondary N) is 1. The van der Waals surface area contributed by atoms with Crippen LogP contribution >= 0.6 is 27.5 Å². The van der Waals surface area contributed by atoms with Crippen molar-refractivity contribution in [3.05, 3.63) is 56.5 Å². The molecular formula is C20H16BrClN2O5. The number of barbiturate groups is 1. The van der Waals surface area contributed by atoms with Crippen LogP contribution in [0.25, 0.3) is 6.08 Å². The maximum absolute atomic E-state index is 13.0. The van der Waals surface area contributed by atoms with Crippen molar-refractivity contribution in [2.45, 2.75) is 13.8 Å². The molecule has 0 unspecified atom stereocenters. The van der Waals surface area contributed by atoms with Gasteiger partial charge in [-0.05, 0) is 59.6 Å². The Labute approximate surface area is 180 Å². The molecular weight excluding hydrogens is 464 g/mol. The molecule has 2 aromatic carbocycles. The molecule has 1 aliphatic heterocycles. The molecule has 0 bridgehead atoms. The molecule has 4 amide bonds. The third-order valence-corrected chi connectivity index (χ3v) is 5.62. The first-order valence-electron chi connectivity index (χ1n) is 8.56. The first-order chi connectivity index (χ1) is 13.7. The number of phenols is 1. The smallest absolute Gasteiger partial charge is 0.335 e. The van der Waals surface area contributed by atoms with Gasteiger partial charge in [0.2, 0.25) is 0 Å². The van der Waals surface area contributed by atoms with Gasteiger partial charge in [0.25, 0.3) is 11.8 Å². The summed E-state index contributed by atoms with van der Waals surface area (Å²) in [5.41, 5.74) is 1.34. The summed E-state index contributed by atoms with van der Waals surface area (Å²) < 4.78 is 5.61. The Hall–Kier alpha value is -2.84. The van der Waals surface area contributed by atoms with Crippen molar-refractivity contribution >= 4 is 57.1 Å². The molecule has 0 atom stereocenters. The normalized spacial score (nSPS) is 15.7. The van der Waals surface area contributed by atoms with E-state index in [1.54, 1.807) is 31.2 Å². The number of rotatable bonds is 4. The van der Waals surface area contributed by atoms with Crippen LogP contribution in [0.4, 0.5) is 10.5 Å². The van der Waals surface area contributed by atoms with Crippen LogP contribution < -0.4 is 15.0 Å². The number of carbonyl (C=O) groups excluding carboxylic acids is 3. The lowest BCUT2D eigenvalue weighted by molar-refractivity contribution is -0.122. The molecule has 29 heavy (non-hydrogen) atoms. The van der Waals surface area contributed by atoms with Crippen molar-refractivity contribution in [2.24, 2.45) is 0 Å². The number of halogens is 2. The zero-order valence-electron chi connectivity index (χ0n) is 15.5. The van der Waals surface area contributed by atoms with E-state index in [-0.39, 0.29) is 33.2 Å². The van der Waals surface area contributed by atoms with Gasteiger partial charge in [0.1, 0.15) is 10.6 Å². The van der Waals surface area contributed by atoms with E-state index >= 15 is 0 Å². The second-order valence-electron chi connectivity index (χ2n) is 6.17. The molecule has 0 spiro atoms. The molecule has 0 aliphatic carbocycles. The van der Waals surface area contributed by atoms with E-state index in [9.17, 15) is 19.5 Å². The minimum absolute atomic E-state index is 0.0297. The van der Waals surface area contributed by atoms with Gasteiger partial charge in [-0.1, -0.05) is 29.3 Å². The zero-order valence-corrected chi connectivity index (χ0v) is 17.8. The van der Waals surface area contributed by atoms with Crippen molar-refractivity contribution in [1.82, 2.24) is 5.32 Å². The molecule has 9 heteroatoms. The number of hydrogen-bond acceptors (Lipinski definition) is 5. The molecule has 1 aliphatic rings. The van der Waals surface area contributed by atoms with Crippen LogP contribution in [0.2, 0.25) is 5.02 Å². The summed E-state index contributed by atoms with van der Waals surface area (Å²) in [5.74, 6) is -1.78. The number of nitrogens with zero attached hydrogens (tertiary/aromatic N) is 1. The topological polar surface area (TPSA) is 95.9 Å². The fourth-order valence-corrected chi connectivity index (χ4v) is 3.34. The van der Waals surface area contributed by atoms with Crippen molar-refractivity contribution in [3.8, 4) is 11.5 Å². The predicted octanol–water partition coefficient (Wildman–Crippen LogP) is 4.18. The van der Waals surface area contributed by atoms with Crippen LogP contribution in [0.15, 0.2) is 40.4 Å². The summed E-state index contributed by atoms with van der Waals surface area (Å²) in [6.07, 6.45) is 1.28. The molecule has 3 rings (SSSR count). The second kappa shape index (κ2) is 8.26. The zero-order chi connectivity index (χ0) is 21.3. The maximum Gasteiger partial charge on any atom is 0.335 e. The standard InChI is InChI=1S/C20H16BrClN2O5/c1-3-29-14-9-11(15(21)16(22)17(14)25)8-13-18(26)23-20(28)24(19(13)27)12-6-4-10(2)5-7-12/h4-9,25H,3H2,1-2H3,(H,23,26,28)/b13-8+. The van der Waals surface area contributed by atoms with Crippen LogP contribution in [0, 0.1) is 6.92 Å².